The summed E-state index contributed by atoms with van der Waals surface area (Å²) in [6.07, 6.45) is 6.57. The molecule has 23 heavy (non-hydrogen) atoms. The number of aromatic hydroxyl groups is 1. The third kappa shape index (κ3) is 2.84. The summed E-state index contributed by atoms with van der Waals surface area (Å²) in [5.41, 5.74) is -0.869. The second-order valence-electron chi connectivity index (χ2n) is 5.84. The van der Waals surface area contributed by atoms with Crippen LogP contribution in [0.2, 0.25) is 0 Å². The molecule has 0 amide bonds. The number of ketones is 2. The summed E-state index contributed by atoms with van der Waals surface area (Å²) in [4.78, 5) is 35.5. The summed E-state index contributed by atoms with van der Waals surface area (Å²) < 4.78 is 5.62. The first-order valence-electron chi connectivity index (χ1n) is 7.56. The van der Waals surface area contributed by atoms with Crippen molar-refractivity contribution in [1.82, 2.24) is 0 Å². The number of aliphatic hydroxyl groups is 1. The highest BCUT2D eigenvalue weighted by Gasteiger charge is 2.28. The van der Waals surface area contributed by atoms with Gasteiger partial charge in [-0.05, 0) is 12.8 Å². The molecule has 2 aliphatic carbocycles. The molecule has 0 saturated heterocycles. The van der Waals surface area contributed by atoms with Crippen LogP contribution in [0.1, 0.15) is 49.5 Å². The average molecular weight is 316 g/mol. The average Bonchev–Trinajstić information content (AvgIpc) is 2.54. The van der Waals surface area contributed by atoms with E-state index in [0.717, 1.165) is 44.3 Å². The maximum absolute atomic E-state index is 12.0. The zero-order valence-corrected chi connectivity index (χ0v) is 12.4. The van der Waals surface area contributed by atoms with Crippen LogP contribution in [0.5, 0.6) is 5.75 Å². The maximum Gasteiger partial charge on any atom is 0.227 e. The third-order valence-corrected chi connectivity index (χ3v) is 4.26. The Kier molecular flexibility index (Phi) is 3.90. The highest BCUT2D eigenvalue weighted by atomic mass is 16.4. The van der Waals surface area contributed by atoms with E-state index in [1.807, 2.05) is 0 Å². The highest BCUT2D eigenvalue weighted by molar-refractivity contribution is 6.34. The zero-order valence-electron chi connectivity index (χ0n) is 12.4. The first-order valence-corrected chi connectivity index (χ1v) is 7.56. The second-order valence-corrected chi connectivity index (χ2v) is 5.84. The van der Waals surface area contributed by atoms with Crippen molar-refractivity contribution in [2.75, 3.05) is 0 Å². The summed E-state index contributed by atoms with van der Waals surface area (Å²) in [5, 5.41) is 19.2. The molecule has 0 unspecified atom stereocenters. The molecule has 120 valence electrons. The molecule has 0 aromatic carbocycles. The topological polar surface area (TPSA) is 105 Å². The fourth-order valence-corrected chi connectivity index (χ4v) is 3.00. The van der Waals surface area contributed by atoms with Gasteiger partial charge in [0.05, 0.1) is 5.57 Å². The van der Waals surface area contributed by atoms with Gasteiger partial charge in [-0.25, -0.2) is 0 Å². The molecule has 1 aromatic rings. The van der Waals surface area contributed by atoms with Crippen molar-refractivity contribution in [3.63, 3.8) is 0 Å². The fraction of sp³-hybridized carbons (Fsp3) is 0.353. The first kappa shape index (κ1) is 15.3. The van der Waals surface area contributed by atoms with Crippen LogP contribution in [0.15, 0.2) is 33.2 Å². The molecular weight excluding hydrogens is 300 g/mol. The zero-order chi connectivity index (χ0) is 16.6. The van der Waals surface area contributed by atoms with Crippen molar-refractivity contribution in [2.24, 2.45) is 0 Å². The normalized spacial score (nSPS) is 19.5. The monoisotopic (exact) mass is 316 g/mol. The number of hydrogen-bond donors (Lipinski definition) is 2. The molecule has 1 saturated carbocycles. The molecule has 0 aliphatic heterocycles. The van der Waals surface area contributed by atoms with E-state index < -0.39 is 28.5 Å². The second kappa shape index (κ2) is 5.87. The molecule has 0 spiro atoms. The lowest BCUT2D eigenvalue weighted by molar-refractivity contribution is -0.116. The van der Waals surface area contributed by atoms with Gasteiger partial charge in [-0.1, -0.05) is 19.3 Å². The Morgan fingerprint density at radius 2 is 1.65 bits per heavy atom. The van der Waals surface area contributed by atoms with E-state index in [4.69, 9.17) is 4.42 Å². The minimum Gasteiger partial charge on any atom is -0.504 e. The van der Waals surface area contributed by atoms with E-state index in [0.29, 0.717) is 5.76 Å². The van der Waals surface area contributed by atoms with Gasteiger partial charge in [0.1, 0.15) is 5.76 Å². The van der Waals surface area contributed by atoms with Gasteiger partial charge in [0.25, 0.3) is 0 Å². The SMILES string of the molecule is O=C1C=C(c2oc(C3CCCCC3)cc(=O)c2O)C(=O)C=C1O. The van der Waals surface area contributed by atoms with E-state index >= 15 is 0 Å². The highest BCUT2D eigenvalue weighted by Crippen LogP contribution is 2.35. The molecule has 0 atom stereocenters. The molecule has 2 N–H and O–H groups in total. The minimum atomic E-state index is -0.773. The van der Waals surface area contributed by atoms with E-state index in [9.17, 15) is 24.6 Å². The maximum atomic E-state index is 12.0. The van der Waals surface area contributed by atoms with E-state index in [1.165, 1.54) is 6.07 Å². The van der Waals surface area contributed by atoms with Crippen molar-refractivity contribution < 1.29 is 24.2 Å². The summed E-state index contributed by atoms with van der Waals surface area (Å²) in [6.45, 7) is 0. The number of carbonyl (C=O) groups excluding carboxylic acids is 2. The minimum absolute atomic E-state index is 0.0646. The number of allylic oxidation sites excluding steroid dienone is 3. The summed E-state index contributed by atoms with van der Waals surface area (Å²) in [5.74, 6) is -2.67. The predicted molar refractivity (Wildman–Crippen MR) is 81.2 cm³/mol. The van der Waals surface area contributed by atoms with Crippen LogP contribution in [-0.2, 0) is 9.59 Å². The van der Waals surface area contributed by atoms with Gasteiger partial charge in [0, 0.05) is 24.1 Å². The fourth-order valence-electron chi connectivity index (χ4n) is 3.00. The number of hydrogen-bond acceptors (Lipinski definition) is 6. The molecular formula is C17H16O6. The van der Waals surface area contributed by atoms with E-state index in [2.05, 4.69) is 0 Å². The van der Waals surface area contributed by atoms with Crippen LogP contribution >= 0.6 is 0 Å². The van der Waals surface area contributed by atoms with Gasteiger partial charge in [-0.15, -0.1) is 0 Å². The number of aliphatic hydroxyl groups excluding tert-OH is 1. The first-order chi connectivity index (χ1) is 11.0. The predicted octanol–water partition coefficient (Wildman–Crippen LogP) is 2.37. The quantitative estimate of drug-likeness (QED) is 0.812. The van der Waals surface area contributed by atoms with Crippen LogP contribution < -0.4 is 5.43 Å². The van der Waals surface area contributed by atoms with Gasteiger partial charge in [0.15, 0.2) is 17.3 Å². The molecule has 6 heteroatoms. The molecule has 0 radical (unpaired) electrons. The van der Waals surface area contributed by atoms with Crippen LogP contribution in [0.4, 0.5) is 0 Å². The Bertz CT molecular complexity index is 790. The summed E-state index contributed by atoms with van der Waals surface area (Å²) >= 11 is 0. The van der Waals surface area contributed by atoms with E-state index in [-0.39, 0.29) is 17.3 Å². The lowest BCUT2D eigenvalue weighted by Gasteiger charge is -2.21. The van der Waals surface area contributed by atoms with Crippen molar-refractivity contribution in [1.29, 1.82) is 0 Å². The number of rotatable bonds is 2. The smallest absolute Gasteiger partial charge is 0.227 e. The van der Waals surface area contributed by atoms with Crippen molar-refractivity contribution >= 4 is 17.1 Å². The summed E-state index contributed by atoms with van der Waals surface area (Å²) in [6, 6.07) is 1.25. The molecule has 1 heterocycles. The lowest BCUT2D eigenvalue weighted by atomic mass is 9.87. The Hall–Kier alpha value is -2.63. The van der Waals surface area contributed by atoms with Crippen LogP contribution in [-0.4, -0.2) is 21.8 Å². The lowest BCUT2D eigenvalue weighted by Crippen LogP contribution is -2.15. The van der Waals surface area contributed by atoms with Gasteiger partial charge >= 0.3 is 0 Å². The van der Waals surface area contributed by atoms with Gasteiger partial charge in [0.2, 0.25) is 17.0 Å². The van der Waals surface area contributed by atoms with Crippen molar-refractivity contribution in [3.8, 4) is 5.75 Å². The molecule has 1 fully saturated rings. The Balaban J connectivity index is 2.07. The van der Waals surface area contributed by atoms with Crippen LogP contribution in [0.25, 0.3) is 5.57 Å². The van der Waals surface area contributed by atoms with Crippen LogP contribution in [0.3, 0.4) is 0 Å². The Morgan fingerprint density at radius 3 is 2.35 bits per heavy atom. The van der Waals surface area contributed by atoms with Crippen LogP contribution in [0, 0.1) is 0 Å². The van der Waals surface area contributed by atoms with Gasteiger partial charge < -0.3 is 14.6 Å². The van der Waals surface area contributed by atoms with Crippen molar-refractivity contribution in [3.05, 3.63) is 45.7 Å². The third-order valence-electron chi connectivity index (χ3n) is 4.26. The molecule has 2 aliphatic rings. The van der Waals surface area contributed by atoms with Gasteiger partial charge in [-0.3, -0.25) is 14.4 Å². The number of carbonyl (C=O) groups is 2. The molecule has 0 bridgehead atoms. The van der Waals surface area contributed by atoms with Gasteiger partial charge in [-0.2, -0.15) is 0 Å². The van der Waals surface area contributed by atoms with Crippen molar-refractivity contribution in [2.45, 2.75) is 38.0 Å². The molecule has 3 rings (SSSR count). The molecule has 1 aromatic heterocycles. The Morgan fingerprint density at radius 1 is 0.957 bits per heavy atom. The van der Waals surface area contributed by atoms with E-state index in [1.54, 1.807) is 0 Å². The Labute approximate surface area is 131 Å². The standard InChI is InChI=1S/C17H16O6/c18-11-7-13(20)12(19)6-10(11)17-16(22)14(21)8-15(23-17)9-4-2-1-3-5-9/h6-9,20,22H,1-5H2. The molecule has 6 nitrogen and oxygen atoms in total. The summed E-state index contributed by atoms with van der Waals surface area (Å²) in [7, 11) is 0. The largest absolute Gasteiger partial charge is 0.504 e.